The Morgan fingerprint density at radius 1 is 1.56 bits per heavy atom. The topological polar surface area (TPSA) is 81.2 Å². The van der Waals surface area contributed by atoms with E-state index < -0.39 is 5.97 Å². The lowest BCUT2D eigenvalue weighted by Crippen LogP contribution is -2.05. The summed E-state index contributed by atoms with van der Waals surface area (Å²) in [4.78, 5) is 11.0. The first-order chi connectivity index (χ1) is 7.59. The maximum absolute atomic E-state index is 11.0. The minimum atomic E-state index is -0.952. The van der Waals surface area contributed by atoms with Gasteiger partial charge in [-0.2, -0.15) is 5.10 Å². The number of carbonyl (C=O) groups is 1. The molecule has 16 heavy (non-hydrogen) atoms. The highest BCUT2D eigenvalue weighted by molar-refractivity contribution is 5.90. The van der Waals surface area contributed by atoms with Crippen molar-refractivity contribution in [3.05, 3.63) is 35.0 Å². The SMILES string of the molecule is Cc1nn(Cc2cnoc2)c(C)c1C(=O)O. The molecule has 6 heteroatoms. The lowest BCUT2D eigenvalue weighted by Gasteiger charge is -2.01. The van der Waals surface area contributed by atoms with E-state index in [1.165, 1.54) is 6.26 Å². The van der Waals surface area contributed by atoms with Crippen molar-refractivity contribution in [1.82, 2.24) is 14.9 Å². The van der Waals surface area contributed by atoms with Gasteiger partial charge < -0.3 is 9.63 Å². The standard InChI is InChI=1S/C10H11N3O3/c1-6-9(10(14)15)7(2)13(12-6)4-8-3-11-16-5-8/h3,5H,4H2,1-2H3,(H,14,15). The van der Waals surface area contributed by atoms with Gasteiger partial charge in [0.15, 0.2) is 0 Å². The first-order valence-electron chi connectivity index (χ1n) is 4.75. The molecule has 0 spiro atoms. The zero-order valence-electron chi connectivity index (χ0n) is 8.97. The lowest BCUT2D eigenvalue weighted by molar-refractivity contribution is 0.0695. The van der Waals surface area contributed by atoms with Crippen LogP contribution in [0.1, 0.15) is 27.3 Å². The van der Waals surface area contributed by atoms with Crippen LogP contribution >= 0.6 is 0 Å². The molecular weight excluding hydrogens is 210 g/mol. The average Bonchev–Trinajstić information content (AvgIpc) is 2.76. The largest absolute Gasteiger partial charge is 0.478 e. The van der Waals surface area contributed by atoms with Gasteiger partial charge in [0.25, 0.3) is 0 Å². The monoisotopic (exact) mass is 221 g/mol. The molecule has 0 amide bonds. The summed E-state index contributed by atoms with van der Waals surface area (Å²) in [7, 11) is 0. The summed E-state index contributed by atoms with van der Waals surface area (Å²) in [6.45, 7) is 3.88. The van der Waals surface area contributed by atoms with Crippen LogP contribution in [0.3, 0.4) is 0 Å². The summed E-state index contributed by atoms with van der Waals surface area (Å²) >= 11 is 0. The first kappa shape index (κ1) is 10.4. The fraction of sp³-hybridized carbons (Fsp3) is 0.300. The summed E-state index contributed by atoms with van der Waals surface area (Å²) in [5, 5.41) is 16.8. The van der Waals surface area contributed by atoms with E-state index in [9.17, 15) is 4.79 Å². The number of carboxylic acids is 1. The van der Waals surface area contributed by atoms with E-state index >= 15 is 0 Å². The summed E-state index contributed by atoms with van der Waals surface area (Å²) < 4.78 is 6.33. The molecule has 6 nitrogen and oxygen atoms in total. The zero-order valence-corrected chi connectivity index (χ0v) is 8.97. The third-order valence-corrected chi connectivity index (χ3v) is 2.41. The number of rotatable bonds is 3. The Morgan fingerprint density at radius 3 is 2.81 bits per heavy atom. The van der Waals surface area contributed by atoms with E-state index in [0.29, 0.717) is 17.9 Å². The second-order valence-electron chi connectivity index (χ2n) is 3.54. The number of aromatic carboxylic acids is 1. The molecule has 0 atom stereocenters. The first-order valence-corrected chi connectivity index (χ1v) is 4.75. The van der Waals surface area contributed by atoms with E-state index in [1.54, 1.807) is 24.7 Å². The second-order valence-corrected chi connectivity index (χ2v) is 3.54. The Bertz CT molecular complexity index is 514. The molecule has 0 fully saturated rings. The van der Waals surface area contributed by atoms with Crippen LogP contribution in [-0.2, 0) is 6.54 Å². The van der Waals surface area contributed by atoms with Crippen LogP contribution < -0.4 is 0 Å². The normalized spacial score (nSPS) is 10.6. The Morgan fingerprint density at radius 2 is 2.31 bits per heavy atom. The fourth-order valence-electron chi connectivity index (χ4n) is 1.64. The number of aromatic nitrogens is 3. The zero-order chi connectivity index (χ0) is 11.7. The highest BCUT2D eigenvalue weighted by Crippen LogP contribution is 2.14. The molecule has 0 bridgehead atoms. The number of hydrogen-bond acceptors (Lipinski definition) is 4. The van der Waals surface area contributed by atoms with Gasteiger partial charge in [-0.15, -0.1) is 0 Å². The summed E-state index contributed by atoms with van der Waals surface area (Å²) in [5.74, 6) is -0.952. The summed E-state index contributed by atoms with van der Waals surface area (Å²) in [5.41, 5.74) is 2.26. The predicted molar refractivity (Wildman–Crippen MR) is 54.3 cm³/mol. The molecule has 2 heterocycles. The van der Waals surface area contributed by atoms with Crippen LogP contribution in [0.5, 0.6) is 0 Å². The van der Waals surface area contributed by atoms with Crippen molar-refractivity contribution in [3.63, 3.8) is 0 Å². The molecule has 0 aliphatic carbocycles. The van der Waals surface area contributed by atoms with Gasteiger partial charge in [0.1, 0.15) is 11.8 Å². The molecule has 84 valence electrons. The molecule has 0 saturated carbocycles. The summed E-state index contributed by atoms with van der Waals surface area (Å²) in [6.07, 6.45) is 3.09. The van der Waals surface area contributed by atoms with Crippen molar-refractivity contribution in [2.45, 2.75) is 20.4 Å². The Hall–Kier alpha value is -2.11. The minimum Gasteiger partial charge on any atom is -0.478 e. The van der Waals surface area contributed by atoms with E-state index in [1.807, 2.05) is 0 Å². The van der Waals surface area contributed by atoms with E-state index in [4.69, 9.17) is 9.63 Å². The van der Waals surface area contributed by atoms with Crippen molar-refractivity contribution in [1.29, 1.82) is 0 Å². The van der Waals surface area contributed by atoms with Crippen molar-refractivity contribution < 1.29 is 14.4 Å². The highest BCUT2D eigenvalue weighted by atomic mass is 16.5. The molecule has 0 radical (unpaired) electrons. The van der Waals surface area contributed by atoms with Crippen molar-refractivity contribution >= 4 is 5.97 Å². The third kappa shape index (κ3) is 1.69. The van der Waals surface area contributed by atoms with Gasteiger partial charge in [0.2, 0.25) is 0 Å². The van der Waals surface area contributed by atoms with E-state index in [0.717, 1.165) is 5.56 Å². The molecular formula is C10H11N3O3. The van der Waals surface area contributed by atoms with E-state index in [-0.39, 0.29) is 5.56 Å². The Balaban J connectivity index is 2.36. The number of carboxylic acid groups (broad SMARTS) is 1. The van der Waals surface area contributed by atoms with Gasteiger partial charge in [-0.05, 0) is 13.8 Å². The van der Waals surface area contributed by atoms with Gasteiger partial charge in [0.05, 0.1) is 24.1 Å². The van der Waals surface area contributed by atoms with Gasteiger partial charge in [-0.1, -0.05) is 5.16 Å². The lowest BCUT2D eigenvalue weighted by atomic mass is 10.2. The Kier molecular flexibility index (Phi) is 2.47. The maximum atomic E-state index is 11.0. The molecule has 0 unspecified atom stereocenters. The van der Waals surface area contributed by atoms with Gasteiger partial charge in [0, 0.05) is 5.56 Å². The summed E-state index contributed by atoms with van der Waals surface area (Å²) in [6, 6.07) is 0. The van der Waals surface area contributed by atoms with Gasteiger partial charge in [-0.25, -0.2) is 4.79 Å². The molecule has 2 aromatic heterocycles. The van der Waals surface area contributed by atoms with Crippen LogP contribution in [0, 0.1) is 13.8 Å². The molecule has 1 N–H and O–H groups in total. The van der Waals surface area contributed by atoms with Crippen LogP contribution in [0.25, 0.3) is 0 Å². The minimum absolute atomic E-state index is 0.261. The van der Waals surface area contributed by atoms with Crippen LogP contribution in [0.4, 0.5) is 0 Å². The van der Waals surface area contributed by atoms with Crippen LogP contribution in [0.2, 0.25) is 0 Å². The average molecular weight is 221 g/mol. The predicted octanol–water partition coefficient (Wildman–Crippen LogP) is 1.23. The van der Waals surface area contributed by atoms with Crippen LogP contribution in [-0.4, -0.2) is 26.0 Å². The fourth-order valence-corrected chi connectivity index (χ4v) is 1.64. The number of aryl methyl sites for hydroxylation is 1. The van der Waals surface area contributed by atoms with Crippen molar-refractivity contribution in [2.24, 2.45) is 0 Å². The number of hydrogen-bond donors (Lipinski definition) is 1. The second kappa shape index (κ2) is 3.80. The van der Waals surface area contributed by atoms with Gasteiger partial charge in [-0.3, -0.25) is 4.68 Å². The van der Waals surface area contributed by atoms with Crippen LogP contribution in [0.15, 0.2) is 17.0 Å². The quantitative estimate of drug-likeness (QED) is 0.843. The molecule has 0 saturated heterocycles. The molecule has 0 aromatic carbocycles. The third-order valence-electron chi connectivity index (χ3n) is 2.41. The maximum Gasteiger partial charge on any atom is 0.339 e. The molecule has 0 aliphatic rings. The smallest absolute Gasteiger partial charge is 0.339 e. The molecule has 0 aliphatic heterocycles. The van der Waals surface area contributed by atoms with E-state index in [2.05, 4.69) is 10.3 Å². The Labute approximate surface area is 91.5 Å². The van der Waals surface area contributed by atoms with Gasteiger partial charge >= 0.3 is 5.97 Å². The van der Waals surface area contributed by atoms with Crippen molar-refractivity contribution in [2.75, 3.05) is 0 Å². The highest BCUT2D eigenvalue weighted by Gasteiger charge is 2.17. The molecule has 2 aromatic rings. The molecule has 2 rings (SSSR count). The number of nitrogens with zero attached hydrogens (tertiary/aromatic N) is 3. The van der Waals surface area contributed by atoms with Crippen molar-refractivity contribution in [3.8, 4) is 0 Å².